The van der Waals surface area contributed by atoms with Gasteiger partial charge in [0.1, 0.15) is 5.82 Å². The summed E-state index contributed by atoms with van der Waals surface area (Å²) in [5.74, 6) is -0.330. The molecule has 2 saturated heterocycles. The molecule has 0 spiro atoms. The molecule has 2 fully saturated rings. The number of nitrogens with zero attached hydrogens (tertiary/aromatic N) is 5. The number of rotatable bonds is 2. The molecular formula is C20H20FN5O. The van der Waals surface area contributed by atoms with Crippen molar-refractivity contribution in [3.8, 4) is 11.3 Å². The first-order chi connectivity index (χ1) is 13.2. The van der Waals surface area contributed by atoms with Gasteiger partial charge in [-0.1, -0.05) is 0 Å². The van der Waals surface area contributed by atoms with E-state index in [0.29, 0.717) is 17.4 Å². The second-order valence-corrected chi connectivity index (χ2v) is 7.22. The molecule has 3 aromatic rings. The highest BCUT2D eigenvalue weighted by Gasteiger charge is 2.33. The fourth-order valence-corrected chi connectivity index (χ4v) is 4.18. The number of halogens is 1. The molecule has 2 aromatic heterocycles. The maximum atomic E-state index is 13.2. The smallest absolute Gasteiger partial charge is 0.274 e. The van der Waals surface area contributed by atoms with Crippen molar-refractivity contribution in [1.29, 1.82) is 0 Å². The van der Waals surface area contributed by atoms with Gasteiger partial charge in [0.2, 0.25) is 0 Å². The Labute approximate surface area is 156 Å². The zero-order chi connectivity index (χ0) is 18.4. The molecule has 6 nitrogen and oxygen atoms in total. The highest BCUT2D eigenvalue weighted by Crippen LogP contribution is 2.24. The molecule has 0 bridgehead atoms. The van der Waals surface area contributed by atoms with Crippen LogP contribution in [0.5, 0.6) is 0 Å². The van der Waals surface area contributed by atoms with Crippen LogP contribution in [0.4, 0.5) is 4.39 Å². The van der Waals surface area contributed by atoms with Crippen LogP contribution in [0.1, 0.15) is 23.3 Å². The van der Waals surface area contributed by atoms with Gasteiger partial charge < -0.3 is 4.90 Å². The normalized spacial score (nSPS) is 20.2. The number of benzene rings is 1. The third kappa shape index (κ3) is 2.88. The topological polar surface area (TPSA) is 53.7 Å². The fraction of sp³-hybridized carbons (Fsp3) is 0.350. The highest BCUT2D eigenvalue weighted by molar-refractivity contribution is 5.93. The molecule has 0 radical (unpaired) electrons. The third-order valence-corrected chi connectivity index (χ3v) is 5.59. The maximum absolute atomic E-state index is 13.2. The van der Waals surface area contributed by atoms with Gasteiger partial charge in [-0.15, -0.1) is 0 Å². The van der Waals surface area contributed by atoms with Crippen LogP contribution < -0.4 is 0 Å². The summed E-state index contributed by atoms with van der Waals surface area (Å²) in [5.41, 5.74) is 2.62. The summed E-state index contributed by atoms with van der Waals surface area (Å²) in [6.45, 7) is 3.58. The quantitative estimate of drug-likeness (QED) is 0.700. The van der Waals surface area contributed by atoms with Gasteiger partial charge >= 0.3 is 0 Å². The molecule has 7 heteroatoms. The Morgan fingerprint density at radius 1 is 1.11 bits per heavy atom. The Hall–Kier alpha value is -2.80. The molecule has 138 valence electrons. The maximum Gasteiger partial charge on any atom is 0.274 e. The van der Waals surface area contributed by atoms with E-state index < -0.39 is 0 Å². The number of piperazine rings is 1. The number of carbonyl (C=O) groups excluding carboxylic acids is 1. The first kappa shape index (κ1) is 16.4. The van der Waals surface area contributed by atoms with Crippen molar-refractivity contribution in [2.45, 2.75) is 18.9 Å². The Balaban J connectivity index is 1.47. The number of fused-ring (bicyclic) bond motifs is 2. The molecule has 27 heavy (non-hydrogen) atoms. The Morgan fingerprint density at radius 2 is 1.96 bits per heavy atom. The van der Waals surface area contributed by atoms with E-state index in [-0.39, 0.29) is 11.7 Å². The van der Waals surface area contributed by atoms with E-state index in [2.05, 4.69) is 15.0 Å². The summed E-state index contributed by atoms with van der Waals surface area (Å²) in [6, 6.07) is 10.3. The molecule has 1 atom stereocenters. The van der Waals surface area contributed by atoms with E-state index in [1.807, 2.05) is 11.0 Å². The first-order valence-corrected chi connectivity index (χ1v) is 9.33. The minimum absolute atomic E-state index is 0.0443. The molecule has 4 heterocycles. The molecule has 0 aliphatic carbocycles. The summed E-state index contributed by atoms with van der Waals surface area (Å²) in [5, 5.41) is 4.53. The second kappa shape index (κ2) is 6.42. The average molecular weight is 365 g/mol. The first-order valence-electron chi connectivity index (χ1n) is 9.33. The minimum atomic E-state index is -0.286. The molecule has 0 N–H and O–H groups in total. The third-order valence-electron chi connectivity index (χ3n) is 5.59. The Bertz CT molecular complexity index is 999. The van der Waals surface area contributed by atoms with Gasteiger partial charge in [0.25, 0.3) is 5.91 Å². The van der Waals surface area contributed by atoms with Crippen LogP contribution in [-0.2, 0) is 0 Å². The van der Waals surface area contributed by atoms with Crippen LogP contribution in [-0.4, -0.2) is 62.5 Å². The van der Waals surface area contributed by atoms with Gasteiger partial charge in [-0.25, -0.2) is 13.9 Å². The van der Waals surface area contributed by atoms with Crippen LogP contribution in [0, 0.1) is 5.82 Å². The summed E-state index contributed by atoms with van der Waals surface area (Å²) in [4.78, 5) is 21.7. The lowest BCUT2D eigenvalue weighted by Crippen LogP contribution is -2.52. The predicted octanol–water partition coefficient (Wildman–Crippen LogP) is 2.46. The van der Waals surface area contributed by atoms with Crippen molar-refractivity contribution in [3.05, 3.63) is 54.1 Å². The zero-order valence-electron chi connectivity index (χ0n) is 14.9. The number of carbonyl (C=O) groups is 1. The van der Waals surface area contributed by atoms with Crippen molar-refractivity contribution in [2.75, 3.05) is 26.2 Å². The van der Waals surface area contributed by atoms with E-state index >= 15 is 0 Å². The largest absolute Gasteiger partial charge is 0.334 e. The standard InChI is InChI=1S/C20H20FN5O/c21-15-5-3-14(4-6-15)18-7-8-22-19-12-17(23-26(18)19)20(27)25-11-10-24-9-1-2-16(24)13-25/h3-8,12,16H,1-2,9-11,13H2/t16-/m1/s1. The fourth-order valence-electron chi connectivity index (χ4n) is 4.18. The van der Waals surface area contributed by atoms with Gasteiger partial charge in [0, 0.05) is 43.5 Å². The molecule has 1 amide bonds. The predicted molar refractivity (Wildman–Crippen MR) is 98.9 cm³/mol. The molecule has 5 rings (SSSR count). The van der Waals surface area contributed by atoms with Crippen molar-refractivity contribution >= 4 is 11.6 Å². The second-order valence-electron chi connectivity index (χ2n) is 7.22. The molecule has 2 aliphatic rings. The van der Waals surface area contributed by atoms with Crippen LogP contribution in [0.3, 0.4) is 0 Å². The van der Waals surface area contributed by atoms with Crippen molar-refractivity contribution in [3.63, 3.8) is 0 Å². The molecule has 0 unspecified atom stereocenters. The monoisotopic (exact) mass is 365 g/mol. The zero-order valence-corrected chi connectivity index (χ0v) is 14.9. The SMILES string of the molecule is O=C(c1cc2nccc(-c3ccc(F)cc3)n2n1)N1CCN2CCC[C@@H]2C1. The van der Waals surface area contributed by atoms with E-state index in [4.69, 9.17) is 0 Å². The average Bonchev–Trinajstić information content (AvgIpc) is 3.34. The van der Waals surface area contributed by atoms with E-state index in [9.17, 15) is 9.18 Å². The van der Waals surface area contributed by atoms with Crippen molar-refractivity contribution in [2.24, 2.45) is 0 Å². The summed E-state index contributed by atoms with van der Waals surface area (Å²) < 4.78 is 14.9. The van der Waals surface area contributed by atoms with Gasteiger partial charge in [-0.3, -0.25) is 9.69 Å². The van der Waals surface area contributed by atoms with Gasteiger partial charge in [0.15, 0.2) is 11.3 Å². The van der Waals surface area contributed by atoms with Crippen LogP contribution in [0.25, 0.3) is 16.9 Å². The summed E-state index contributed by atoms with van der Waals surface area (Å²) >= 11 is 0. The minimum Gasteiger partial charge on any atom is -0.334 e. The van der Waals surface area contributed by atoms with Crippen molar-refractivity contribution in [1.82, 2.24) is 24.4 Å². The van der Waals surface area contributed by atoms with E-state index in [0.717, 1.165) is 43.9 Å². The summed E-state index contributed by atoms with van der Waals surface area (Å²) in [7, 11) is 0. The van der Waals surface area contributed by atoms with Gasteiger partial charge in [-0.05, 0) is 49.7 Å². The Kier molecular flexibility index (Phi) is 3.89. The lowest BCUT2D eigenvalue weighted by Gasteiger charge is -2.37. The van der Waals surface area contributed by atoms with Gasteiger partial charge in [0.05, 0.1) is 5.69 Å². The lowest BCUT2D eigenvalue weighted by molar-refractivity contribution is 0.0565. The number of hydrogen-bond acceptors (Lipinski definition) is 4. The van der Waals surface area contributed by atoms with E-state index in [1.165, 1.54) is 18.6 Å². The molecule has 1 aromatic carbocycles. The molecular weight excluding hydrogens is 345 g/mol. The number of amides is 1. The summed E-state index contributed by atoms with van der Waals surface area (Å²) in [6.07, 6.45) is 4.05. The van der Waals surface area contributed by atoms with E-state index in [1.54, 1.807) is 28.9 Å². The van der Waals surface area contributed by atoms with Crippen LogP contribution in [0.15, 0.2) is 42.6 Å². The molecule has 2 aliphatic heterocycles. The Morgan fingerprint density at radius 3 is 2.81 bits per heavy atom. The van der Waals surface area contributed by atoms with Crippen LogP contribution in [0.2, 0.25) is 0 Å². The van der Waals surface area contributed by atoms with Crippen molar-refractivity contribution < 1.29 is 9.18 Å². The highest BCUT2D eigenvalue weighted by atomic mass is 19.1. The van der Waals surface area contributed by atoms with Crippen LogP contribution >= 0.6 is 0 Å². The van der Waals surface area contributed by atoms with Gasteiger partial charge in [-0.2, -0.15) is 5.10 Å². The lowest BCUT2D eigenvalue weighted by atomic mass is 10.1. The molecule has 0 saturated carbocycles. The number of aromatic nitrogens is 3. The number of hydrogen-bond donors (Lipinski definition) is 0.